The molecule has 7 heteroatoms. The van der Waals surface area contributed by atoms with Crippen LogP contribution in [0.1, 0.15) is 34.8 Å². The van der Waals surface area contributed by atoms with Crippen LogP contribution < -0.4 is 5.32 Å². The van der Waals surface area contributed by atoms with Crippen LogP contribution in [0.5, 0.6) is 0 Å². The highest BCUT2D eigenvalue weighted by atomic mass is 19.1. The van der Waals surface area contributed by atoms with Gasteiger partial charge in [-0.2, -0.15) is 0 Å². The third-order valence-corrected chi connectivity index (χ3v) is 5.72. The number of rotatable bonds is 6. The Balaban J connectivity index is 1.56. The maximum absolute atomic E-state index is 13.4. The van der Waals surface area contributed by atoms with Gasteiger partial charge >= 0.3 is 11.9 Å². The lowest BCUT2D eigenvalue weighted by molar-refractivity contribution is -0.159. The van der Waals surface area contributed by atoms with Gasteiger partial charge in [0.05, 0.1) is 5.56 Å². The topological polar surface area (TPSA) is 78.9 Å². The molecule has 29 heavy (non-hydrogen) atoms. The van der Waals surface area contributed by atoms with Gasteiger partial charge in [0.15, 0.2) is 6.04 Å². The van der Waals surface area contributed by atoms with E-state index in [1.54, 1.807) is 12.1 Å². The number of carboxylic acid groups (broad SMARTS) is 1. The predicted octanol–water partition coefficient (Wildman–Crippen LogP) is 3.31. The maximum Gasteiger partial charge on any atom is 0.335 e. The molecule has 0 amide bonds. The number of aromatic carboxylic acids is 1. The molecule has 152 valence electrons. The minimum absolute atomic E-state index is 0.110. The van der Waals surface area contributed by atoms with Crippen molar-refractivity contribution in [3.63, 3.8) is 0 Å². The zero-order valence-electron chi connectivity index (χ0n) is 15.9. The second-order valence-corrected chi connectivity index (χ2v) is 7.63. The smallest absolute Gasteiger partial charge is 0.335 e. The minimum atomic E-state index is -1.05. The van der Waals surface area contributed by atoms with Gasteiger partial charge in [0.1, 0.15) is 11.9 Å². The molecule has 2 aromatic rings. The number of anilines is 1. The normalized spacial score (nSPS) is 24.0. The van der Waals surface area contributed by atoms with Gasteiger partial charge in [-0.3, -0.25) is 4.90 Å². The first-order valence-corrected chi connectivity index (χ1v) is 9.78. The molecule has 3 fully saturated rings. The minimum Gasteiger partial charge on any atom is -0.478 e. The molecule has 5 rings (SSSR count). The Bertz CT molecular complexity index is 894. The summed E-state index contributed by atoms with van der Waals surface area (Å²) in [5.41, 5.74) is 1.14. The Kier molecular flexibility index (Phi) is 5.49. The van der Waals surface area contributed by atoms with Crippen LogP contribution in [0.2, 0.25) is 0 Å². The Morgan fingerprint density at radius 2 is 1.86 bits per heavy atom. The lowest BCUT2D eigenvalue weighted by atomic mass is 9.86. The summed E-state index contributed by atoms with van der Waals surface area (Å²) in [7, 11) is 0. The fourth-order valence-electron chi connectivity index (χ4n) is 4.10. The van der Waals surface area contributed by atoms with Crippen LogP contribution in [0.4, 0.5) is 10.1 Å². The van der Waals surface area contributed by atoms with Crippen molar-refractivity contribution < 1.29 is 23.8 Å². The quantitative estimate of drug-likeness (QED) is 0.727. The summed E-state index contributed by atoms with van der Waals surface area (Å²) >= 11 is 0. The fourth-order valence-corrected chi connectivity index (χ4v) is 4.10. The van der Waals surface area contributed by atoms with Crippen LogP contribution in [0, 0.1) is 11.7 Å². The summed E-state index contributed by atoms with van der Waals surface area (Å²) in [6.45, 7) is 2.82. The van der Waals surface area contributed by atoms with Gasteiger partial charge in [0.25, 0.3) is 0 Å². The van der Waals surface area contributed by atoms with Crippen molar-refractivity contribution in [1.29, 1.82) is 0 Å². The van der Waals surface area contributed by atoms with Crippen LogP contribution in [-0.4, -0.2) is 47.7 Å². The molecular weight excluding hydrogens is 375 g/mol. The zero-order valence-corrected chi connectivity index (χ0v) is 15.9. The SMILES string of the molecule is O=C(O)c1cccc(NC(C(=O)O[C@H]2CN3CCC2CC3)c2ccc(F)cc2)c1. The van der Waals surface area contributed by atoms with Crippen LogP contribution in [-0.2, 0) is 9.53 Å². The van der Waals surface area contributed by atoms with E-state index in [-0.39, 0.29) is 11.7 Å². The first kappa shape index (κ1) is 19.4. The van der Waals surface area contributed by atoms with E-state index in [9.17, 15) is 19.1 Å². The maximum atomic E-state index is 13.4. The molecule has 2 N–H and O–H groups in total. The third-order valence-electron chi connectivity index (χ3n) is 5.72. The molecule has 0 aromatic heterocycles. The van der Waals surface area contributed by atoms with Crippen molar-refractivity contribution in [1.82, 2.24) is 4.90 Å². The van der Waals surface area contributed by atoms with Crippen molar-refractivity contribution in [2.75, 3.05) is 25.0 Å². The van der Waals surface area contributed by atoms with Gasteiger partial charge in [-0.25, -0.2) is 14.0 Å². The Morgan fingerprint density at radius 1 is 1.14 bits per heavy atom. The van der Waals surface area contributed by atoms with Gasteiger partial charge in [0, 0.05) is 12.2 Å². The highest BCUT2D eigenvalue weighted by Crippen LogP contribution is 2.31. The van der Waals surface area contributed by atoms with Gasteiger partial charge < -0.3 is 15.2 Å². The zero-order chi connectivity index (χ0) is 20.4. The van der Waals surface area contributed by atoms with Crippen LogP contribution >= 0.6 is 0 Å². The molecule has 3 saturated heterocycles. The van der Waals surface area contributed by atoms with Crippen molar-refractivity contribution in [3.8, 4) is 0 Å². The first-order valence-electron chi connectivity index (χ1n) is 9.78. The Morgan fingerprint density at radius 3 is 2.48 bits per heavy atom. The number of halogens is 1. The second kappa shape index (κ2) is 8.21. The molecule has 3 heterocycles. The van der Waals surface area contributed by atoms with Gasteiger partial charge in [-0.05, 0) is 67.7 Å². The number of esters is 1. The van der Waals surface area contributed by atoms with Crippen LogP contribution in [0.3, 0.4) is 0 Å². The van der Waals surface area contributed by atoms with Crippen molar-refractivity contribution in [3.05, 3.63) is 65.5 Å². The van der Waals surface area contributed by atoms with E-state index in [0.717, 1.165) is 32.5 Å². The molecule has 2 aromatic carbocycles. The standard InChI is InChI=1S/C22H23FN2O4/c23-17-6-4-15(5-7-17)20(24-18-3-1-2-16(12-18)21(26)27)22(28)29-19-13-25-10-8-14(19)9-11-25/h1-7,12,14,19-20,24H,8-11,13H2,(H,26,27)/t19-,20?/m0/s1. The molecule has 2 atom stereocenters. The summed E-state index contributed by atoms with van der Waals surface area (Å²) in [5, 5.41) is 12.3. The number of ether oxygens (including phenoxy) is 1. The third kappa shape index (κ3) is 4.40. The molecule has 0 saturated carbocycles. The van der Waals surface area contributed by atoms with Gasteiger partial charge in [0.2, 0.25) is 0 Å². The van der Waals surface area contributed by atoms with E-state index in [0.29, 0.717) is 17.2 Å². The summed E-state index contributed by atoms with van der Waals surface area (Å²) < 4.78 is 19.3. The van der Waals surface area contributed by atoms with E-state index in [4.69, 9.17) is 4.74 Å². The molecule has 3 aliphatic heterocycles. The second-order valence-electron chi connectivity index (χ2n) is 7.63. The first-order chi connectivity index (χ1) is 14.0. The summed E-state index contributed by atoms with van der Waals surface area (Å²) in [6.07, 6.45) is 1.89. The average Bonchev–Trinajstić information content (AvgIpc) is 2.74. The molecule has 0 spiro atoms. The Hall–Kier alpha value is -2.93. The van der Waals surface area contributed by atoms with Gasteiger partial charge in [-0.1, -0.05) is 18.2 Å². The number of benzene rings is 2. The number of piperidine rings is 3. The molecule has 0 aliphatic carbocycles. The fraction of sp³-hybridized carbons (Fsp3) is 0.364. The van der Waals surface area contributed by atoms with Crippen LogP contribution in [0.15, 0.2) is 48.5 Å². The lowest BCUT2D eigenvalue weighted by Gasteiger charge is -2.44. The number of hydrogen-bond donors (Lipinski definition) is 2. The number of carbonyl (C=O) groups is 2. The highest BCUT2D eigenvalue weighted by Gasteiger charge is 2.38. The van der Waals surface area contributed by atoms with Crippen molar-refractivity contribution in [2.24, 2.45) is 5.92 Å². The largest absolute Gasteiger partial charge is 0.478 e. The van der Waals surface area contributed by atoms with Crippen molar-refractivity contribution >= 4 is 17.6 Å². The molecule has 1 unspecified atom stereocenters. The molecule has 6 nitrogen and oxygen atoms in total. The highest BCUT2D eigenvalue weighted by molar-refractivity contribution is 5.89. The monoisotopic (exact) mass is 398 g/mol. The molecular formula is C22H23FN2O4. The van der Waals surface area contributed by atoms with Crippen molar-refractivity contribution in [2.45, 2.75) is 25.0 Å². The van der Waals surface area contributed by atoms with E-state index in [1.165, 1.54) is 36.4 Å². The number of fused-ring (bicyclic) bond motifs is 3. The van der Waals surface area contributed by atoms with Gasteiger partial charge in [-0.15, -0.1) is 0 Å². The predicted molar refractivity (Wildman–Crippen MR) is 105 cm³/mol. The number of hydrogen-bond acceptors (Lipinski definition) is 5. The summed E-state index contributed by atoms with van der Waals surface area (Å²) in [4.78, 5) is 26.6. The number of carboxylic acids is 1. The Labute approximate surface area is 168 Å². The molecule has 0 radical (unpaired) electrons. The summed E-state index contributed by atoms with van der Waals surface area (Å²) in [5.74, 6) is -1.53. The number of nitrogens with one attached hydrogen (secondary N) is 1. The lowest BCUT2D eigenvalue weighted by Crippen LogP contribution is -2.52. The molecule has 3 aliphatic rings. The summed E-state index contributed by atoms with van der Waals surface area (Å²) in [6, 6.07) is 11.0. The number of carbonyl (C=O) groups excluding carboxylic acids is 1. The van der Waals surface area contributed by atoms with E-state index in [2.05, 4.69) is 10.2 Å². The van der Waals surface area contributed by atoms with E-state index >= 15 is 0 Å². The average molecular weight is 398 g/mol. The van der Waals surface area contributed by atoms with Crippen LogP contribution in [0.25, 0.3) is 0 Å². The van der Waals surface area contributed by atoms with E-state index in [1.807, 2.05) is 0 Å². The van der Waals surface area contributed by atoms with E-state index < -0.39 is 23.8 Å². The number of nitrogens with zero attached hydrogens (tertiary/aromatic N) is 1. The molecule has 2 bridgehead atoms.